The third-order valence-electron chi connectivity index (χ3n) is 5.66. The van der Waals surface area contributed by atoms with Crippen molar-refractivity contribution < 1.29 is 9.53 Å². The van der Waals surface area contributed by atoms with Crippen LogP contribution < -0.4 is 10.1 Å². The lowest BCUT2D eigenvalue weighted by atomic mass is 10.1. The van der Waals surface area contributed by atoms with E-state index in [2.05, 4.69) is 10.3 Å². The molecule has 5 heteroatoms. The summed E-state index contributed by atoms with van der Waals surface area (Å²) in [5.74, 6) is 0.492. The predicted molar refractivity (Wildman–Crippen MR) is 128 cm³/mol. The standard InChI is InChI=1S/C27H23N3O2/c1-17-11-13-18(14-12-17)16-28-27(31)23-15-21-19-7-3-5-9-22(19)29-26(21)25(30-23)20-8-4-6-10-24(20)32-2/h3-15,29H,16H2,1-2H3,(H,28,31). The summed E-state index contributed by atoms with van der Waals surface area (Å²) in [5, 5.41) is 5.01. The largest absolute Gasteiger partial charge is 0.496 e. The molecule has 1 amide bonds. The lowest BCUT2D eigenvalue weighted by Gasteiger charge is -2.11. The molecule has 2 N–H and O–H groups in total. The highest BCUT2D eigenvalue weighted by molar-refractivity contribution is 6.13. The molecular formula is C27H23N3O2. The van der Waals surface area contributed by atoms with Gasteiger partial charge < -0.3 is 15.0 Å². The van der Waals surface area contributed by atoms with Crippen molar-refractivity contribution in [1.29, 1.82) is 0 Å². The second-order valence-electron chi connectivity index (χ2n) is 7.82. The normalized spacial score (nSPS) is 11.1. The first-order valence-electron chi connectivity index (χ1n) is 10.5. The van der Waals surface area contributed by atoms with Crippen LogP contribution >= 0.6 is 0 Å². The van der Waals surface area contributed by atoms with Gasteiger partial charge in [0.05, 0.1) is 18.3 Å². The first kappa shape index (κ1) is 19.8. The van der Waals surface area contributed by atoms with E-state index < -0.39 is 0 Å². The lowest BCUT2D eigenvalue weighted by molar-refractivity contribution is 0.0946. The molecule has 158 valence electrons. The summed E-state index contributed by atoms with van der Waals surface area (Å²) < 4.78 is 5.58. The van der Waals surface area contributed by atoms with E-state index in [9.17, 15) is 4.79 Å². The van der Waals surface area contributed by atoms with Gasteiger partial charge in [0.2, 0.25) is 0 Å². The number of hydrogen-bond acceptors (Lipinski definition) is 3. The number of methoxy groups -OCH3 is 1. The van der Waals surface area contributed by atoms with E-state index in [-0.39, 0.29) is 5.91 Å². The van der Waals surface area contributed by atoms with Gasteiger partial charge in [0.15, 0.2) is 0 Å². The van der Waals surface area contributed by atoms with Crippen molar-refractivity contribution in [2.45, 2.75) is 13.5 Å². The lowest BCUT2D eigenvalue weighted by Crippen LogP contribution is -2.24. The summed E-state index contributed by atoms with van der Waals surface area (Å²) in [6, 6.07) is 25.8. The number of rotatable bonds is 5. The zero-order valence-electron chi connectivity index (χ0n) is 18.0. The Kier molecular flexibility index (Phi) is 5.07. The van der Waals surface area contributed by atoms with Gasteiger partial charge in [-0.05, 0) is 36.8 Å². The predicted octanol–water partition coefficient (Wildman–Crippen LogP) is 5.63. The van der Waals surface area contributed by atoms with Gasteiger partial charge in [0.25, 0.3) is 5.91 Å². The zero-order valence-corrected chi connectivity index (χ0v) is 18.0. The molecule has 0 aliphatic heterocycles. The van der Waals surface area contributed by atoms with Crippen molar-refractivity contribution >= 4 is 27.7 Å². The maximum absolute atomic E-state index is 13.1. The number of H-pyrrole nitrogens is 1. The summed E-state index contributed by atoms with van der Waals surface area (Å²) in [5.41, 5.74) is 6.00. The van der Waals surface area contributed by atoms with Gasteiger partial charge >= 0.3 is 0 Å². The van der Waals surface area contributed by atoms with Gasteiger partial charge in [0, 0.05) is 28.4 Å². The van der Waals surface area contributed by atoms with Crippen LogP contribution in [0.2, 0.25) is 0 Å². The molecule has 0 saturated carbocycles. The fraction of sp³-hybridized carbons (Fsp3) is 0.111. The minimum absolute atomic E-state index is 0.214. The summed E-state index contributed by atoms with van der Waals surface area (Å²) in [6.07, 6.45) is 0. The first-order chi connectivity index (χ1) is 15.6. The second kappa shape index (κ2) is 8.19. The van der Waals surface area contributed by atoms with Crippen molar-refractivity contribution in [3.63, 3.8) is 0 Å². The van der Waals surface area contributed by atoms with E-state index in [1.807, 2.05) is 85.8 Å². The Bertz CT molecular complexity index is 1440. The number of aryl methyl sites for hydroxylation is 1. The number of carbonyl (C=O) groups excluding carboxylic acids is 1. The molecule has 5 rings (SSSR count). The highest BCUT2D eigenvalue weighted by Crippen LogP contribution is 2.36. The second-order valence-corrected chi connectivity index (χ2v) is 7.82. The van der Waals surface area contributed by atoms with Crippen LogP contribution in [0, 0.1) is 6.92 Å². The number of carbonyl (C=O) groups is 1. The Morgan fingerprint density at radius 1 is 0.969 bits per heavy atom. The molecule has 2 aromatic heterocycles. The van der Waals surface area contributed by atoms with Crippen LogP contribution in [0.1, 0.15) is 21.6 Å². The quantitative estimate of drug-likeness (QED) is 0.386. The van der Waals surface area contributed by atoms with Gasteiger partial charge in [-0.25, -0.2) is 4.98 Å². The smallest absolute Gasteiger partial charge is 0.270 e. The van der Waals surface area contributed by atoms with Crippen LogP contribution in [0.3, 0.4) is 0 Å². The Labute approximate surface area is 186 Å². The third-order valence-corrected chi connectivity index (χ3v) is 5.66. The summed E-state index contributed by atoms with van der Waals surface area (Å²) in [6.45, 7) is 2.48. The number of fused-ring (bicyclic) bond motifs is 3. The summed E-state index contributed by atoms with van der Waals surface area (Å²) >= 11 is 0. The van der Waals surface area contributed by atoms with Gasteiger partial charge in [-0.15, -0.1) is 0 Å². The van der Waals surface area contributed by atoms with Gasteiger partial charge in [-0.2, -0.15) is 0 Å². The Hall–Kier alpha value is -4.12. The monoisotopic (exact) mass is 421 g/mol. The topological polar surface area (TPSA) is 67.0 Å². The number of nitrogens with one attached hydrogen (secondary N) is 2. The molecule has 0 radical (unpaired) electrons. The Morgan fingerprint density at radius 2 is 1.72 bits per heavy atom. The van der Waals surface area contributed by atoms with E-state index in [1.54, 1.807) is 7.11 Å². The molecule has 0 spiro atoms. The molecule has 5 nitrogen and oxygen atoms in total. The Balaban J connectivity index is 1.62. The maximum Gasteiger partial charge on any atom is 0.270 e. The average Bonchev–Trinajstić information content (AvgIpc) is 3.21. The van der Waals surface area contributed by atoms with Crippen LogP contribution in [0.15, 0.2) is 78.9 Å². The summed E-state index contributed by atoms with van der Waals surface area (Å²) in [7, 11) is 1.64. The molecule has 0 saturated heterocycles. The fourth-order valence-corrected chi connectivity index (χ4v) is 3.98. The third kappa shape index (κ3) is 3.58. The van der Waals surface area contributed by atoms with Crippen LogP contribution in [0.4, 0.5) is 0 Å². The molecule has 32 heavy (non-hydrogen) atoms. The van der Waals surface area contributed by atoms with Crippen LogP contribution in [0.25, 0.3) is 33.1 Å². The molecule has 0 bridgehead atoms. The maximum atomic E-state index is 13.1. The number of aromatic amines is 1. The highest BCUT2D eigenvalue weighted by atomic mass is 16.5. The van der Waals surface area contributed by atoms with Gasteiger partial charge in [-0.1, -0.05) is 60.2 Å². The molecule has 0 unspecified atom stereocenters. The van der Waals surface area contributed by atoms with Crippen molar-refractivity contribution in [2.24, 2.45) is 0 Å². The van der Waals surface area contributed by atoms with E-state index in [1.165, 1.54) is 5.56 Å². The molecule has 0 aliphatic rings. The van der Waals surface area contributed by atoms with Crippen LogP contribution in [-0.2, 0) is 6.54 Å². The van der Waals surface area contributed by atoms with E-state index in [4.69, 9.17) is 9.72 Å². The number of pyridine rings is 1. The Morgan fingerprint density at radius 3 is 2.53 bits per heavy atom. The van der Waals surface area contributed by atoms with Crippen molar-refractivity contribution in [1.82, 2.24) is 15.3 Å². The van der Waals surface area contributed by atoms with Crippen LogP contribution in [0.5, 0.6) is 5.75 Å². The van der Waals surface area contributed by atoms with E-state index >= 15 is 0 Å². The van der Waals surface area contributed by atoms with E-state index in [0.717, 1.165) is 32.9 Å². The minimum atomic E-state index is -0.214. The van der Waals surface area contributed by atoms with E-state index in [0.29, 0.717) is 23.7 Å². The molecule has 3 aromatic carbocycles. The van der Waals surface area contributed by atoms with Crippen LogP contribution in [-0.4, -0.2) is 23.0 Å². The number of aromatic nitrogens is 2. The highest BCUT2D eigenvalue weighted by Gasteiger charge is 2.19. The van der Waals surface area contributed by atoms with Gasteiger partial charge in [-0.3, -0.25) is 4.79 Å². The molecule has 2 heterocycles. The average molecular weight is 422 g/mol. The molecule has 0 aliphatic carbocycles. The number of ether oxygens (including phenoxy) is 1. The van der Waals surface area contributed by atoms with Crippen molar-refractivity contribution in [3.8, 4) is 17.0 Å². The minimum Gasteiger partial charge on any atom is -0.496 e. The van der Waals surface area contributed by atoms with Crippen molar-refractivity contribution in [3.05, 3.63) is 95.7 Å². The number of amides is 1. The zero-order chi connectivity index (χ0) is 22.1. The number of nitrogens with zero attached hydrogens (tertiary/aromatic N) is 1. The number of para-hydroxylation sites is 2. The molecule has 0 fully saturated rings. The molecule has 5 aromatic rings. The molecule has 0 atom stereocenters. The summed E-state index contributed by atoms with van der Waals surface area (Å²) in [4.78, 5) is 21.4. The SMILES string of the molecule is COc1ccccc1-c1nc(C(=O)NCc2ccc(C)cc2)cc2c1[nH]c1ccccc12. The number of hydrogen-bond donors (Lipinski definition) is 2. The fourth-order valence-electron chi connectivity index (χ4n) is 3.98. The van der Waals surface area contributed by atoms with Gasteiger partial charge in [0.1, 0.15) is 11.4 Å². The van der Waals surface area contributed by atoms with Crippen molar-refractivity contribution in [2.75, 3.05) is 7.11 Å². The first-order valence-corrected chi connectivity index (χ1v) is 10.5. The molecular weight excluding hydrogens is 398 g/mol. The number of benzene rings is 3.